The lowest BCUT2D eigenvalue weighted by Crippen LogP contribution is -2.26. The van der Waals surface area contributed by atoms with Gasteiger partial charge in [0.15, 0.2) is 6.20 Å². The molecular weight excluding hydrogens is 222 g/mol. The van der Waals surface area contributed by atoms with Gasteiger partial charge in [0, 0.05) is 12.1 Å². The summed E-state index contributed by atoms with van der Waals surface area (Å²) in [5.41, 5.74) is 0.741. The summed E-state index contributed by atoms with van der Waals surface area (Å²) in [6, 6.07) is 6.40. The molecule has 1 aromatic heterocycles. The van der Waals surface area contributed by atoms with Gasteiger partial charge < -0.3 is 14.7 Å². The first-order valence-electron chi connectivity index (χ1n) is 4.96. The van der Waals surface area contributed by atoms with E-state index in [1.54, 1.807) is 18.2 Å². The molecule has 5 heteroatoms. The van der Waals surface area contributed by atoms with Gasteiger partial charge in [-0.3, -0.25) is 0 Å². The molecule has 0 radical (unpaired) electrons. The number of ether oxygens (including phenoxy) is 2. The Morgan fingerprint density at radius 3 is 2.71 bits per heavy atom. The van der Waals surface area contributed by atoms with Gasteiger partial charge in [0.05, 0.1) is 19.6 Å². The van der Waals surface area contributed by atoms with E-state index in [4.69, 9.17) is 4.74 Å². The maximum absolute atomic E-state index is 11.5. The zero-order chi connectivity index (χ0) is 12.4. The van der Waals surface area contributed by atoms with Gasteiger partial charge in [-0.05, 0) is 12.1 Å². The van der Waals surface area contributed by atoms with Crippen LogP contribution in [0.5, 0.6) is 5.75 Å². The predicted octanol–water partition coefficient (Wildman–Crippen LogP) is 1.27. The van der Waals surface area contributed by atoms with Crippen molar-refractivity contribution in [3.63, 3.8) is 0 Å². The number of esters is 1. The highest BCUT2D eigenvalue weighted by molar-refractivity contribution is 5.99. The molecule has 0 spiro atoms. The summed E-state index contributed by atoms with van der Waals surface area (Å²) < 4.78 is 10.6. The second kappa shape index (κ2) is 4.29. The summed E-state index contributed by atoms with van der Waals surface area (Å²) in [6.07, 6.45) is 1.39. The molecule has 0 aliphatic heterocycles. The molecule has 0 aliphatic carbocycles. The van der Waals surface area contributed by atoms with Gasteiger partial charge in [-0.2, -0.15) is 4.73 Å². The maximum Gasteiger partial charge on any atom is 0.341 e. The Balaban J connectivity index is 2.78. The number of nitrogens with zero attached hydrogens (tertiary/aromatic N) is 1. The van der Waals surface area contributed by atoms with Gasteiger partial charge in [0.1, 0.15) is 11.3 Å². The molecule has 2 rings (SSSR count). The molecule has 88 valence electrons. The fraction of sp³-hybridized carbons (Fsp3) is 0.167. The average Bonchev–Trinajstić information content (AvgIpc) is 2.37. The van der Waals surface area contributed by atoms with E-state index in [0.717, 1.165) is 4.73 Å². The Kier molecular flexibility index (Phi) is 2.82. The van der Waals surface area contributed by atoms with E-state index in [-0.39, 0.29) is 0 Å². The average molecular weight is 233 g/mol. The van der Waals surface area contributed by atoms with Crippen molar-refractivity contribution in [2.24, 2.45) is 0 Å². The van der Waals surface area contributed by atoms with Crippen molar-refractivity contribution >= 4 is 16.9 Å². The number of rotatable bonds is 2. The fourth-order valence-corrected chi connectivity index (χ4v) is 1.73. The zero-order valence-electron chi connectivity index (χ0n) is 9.47. The number of carbonyl (C=O) groups is 1. The van der Waals surface area contributed by atoms with Crippen LogP contribution in [0.3, 0.4) is 0 Å². The Bertz CT molecular complexity index is 580. The fourth-order valence-electron chi connectivity index (χ4n) is 1.73. The lowest BCUT2D eigenvalue weighted by Gasteiger charge is -2.09. The van der Waals surface area contributed by atoms with Crippen LogP contribution in [0, 0.1) is 5.21 Å². The van der Waals surface area contributed by atoms with E-state index in [2.05, 4.69) is 4.74 Å². The molecule has 0 fully saturated rings. The SMILES string of the molecule is COC(=O)c1ccc2c(ccc[n+]2[O-])c1OC. The summed E-state index contributed by atoms with van der Waals surface area (Å²) in [5.74, 6) is -0.149. The highest BCUT2D eigenvalue weighted by Crippen LogP contribution is 2.28. The summed E-state index contributed by atoms with van der Waals surface area (Å²) in [4.78, 5) is 11.5. The first-order chi connectivity index (χ1) is 8.19. The lowest BCUT2D eigenvalue weighted by molar-refractivity contribution is -0.577. The van der Waals surface area contributed by atoms with Crippen molar-refractivity contribution in [1.29, 1.82) is 0 Å². The lowest BCUT2D eigenvalue weighted by atomic mass is 10.1. The number of pyridine rings is 1. The molecule has 0 N–H and O–H groups in total. The van der Waals surface area contributed by atoms with Crippen LogP contribution in [-0.4, -0.2) is 20.2 Å². The van der Waals surface area contributed by atoms with Crippen LogP contribution in [0.15, 0.2) is 30.5 Å². The van der Waals surface area contributed by atoms with Crippen molar-refractivity contribution in [2.75, 3.05) is 14.2 Å². The van der Waals surface area contributed by atoms with Gasteiger partial charge in [-0.15, -0.1) is 0 Å². The first kappa shape index (κ1) is 11.2. The van der Waals surface area contributed by atoms with Crippen molar-refractivity contribution in [3.05, 3.63) is 41.2 Å². The molecule has 1 heterocycles. The Morgan fingerprint density at radius 1 is 1.29 bits per heavy atom. The number of methoxy groups -OCH3 is 2. The molecule has 0 bridgehead atoms. The van der Waals surface area contributed by atoms with Crippen molar-refractivity contribution in [1.82, 2.24) is 0 Å². The van der Waals surface area contributed by atoms with Gasteiger partial charge >= 0.3 is 5.97 Å². The van der Waals surface area contributed by atoms with E-state index < -0.39 is 5.97 Å². The zero-order valence-corrected chi connectivity index (χ0v) is 9.47. The Hall–Kier alpha value is -2.30. The monoisotopic (exact) mass is 233 g/mol. The third kappa shape index (κ3) is 1.75. The van der Waals surface area contributed by atoms with Crippen LogP contribution >= 0.6 is 0 Å². The summed E-state index contributed by atoms with van der Waals surface area (Å²) in [5, 5.41) is 12.1. The molecule has 1 aromatic carbocycles. The second-order valence-electron chi connectivity index (χ2n) is 3.40. The number of fused-ring (bicyclic) bond motifs is 1. The third-order valence-corrected chi connectivity index (χ3v) is 2.50. The van der Waals surface area contributed by atoms with Crippen molar-refractivity contribution in [2.45, 2.75) is 0 Å². The smallest absolute Gasteiger partial charge is 0.341 e. The van der Waals surface area contributed by atoms with Crippen LogP contribution in [0.25, 0.3) is 10.9 Å². The van der Waals surface area contributed by atoms with Gasteiger partial charge in [-0.1, -0.05) is 0 Å². The van der Waals surface area contributed by atoms with Gasteiger partial charge in [0.2, 0.25) is 5.52 Å². The minimum Gasteiger partial charge on any atom is -0.618 e. The first-order valence-corrected chi connectivity index (χ1v) is 4.96. The third-order valence-electron chi connectivity index (χ3n) is 2.50. The minimum absolute atomic E-state index is 0.300. The standard InChI is InChI=1S/C12H11NO4/c1-16-11-8-4-3-7-13(15)10(8)6-5-9(11)12(14)17-2/h3-7H,1-2H3. The van der Waals surface area contributed by atoms with E-state index in [1.807, 2.05) is 0 Å². The van der Waals surface area contributed by atoms with Crippen molar-refractivity contribution < 1.29 is 19.0 Å². The van der Waals surface area contributed by atoms with Gasteiger partial charge in [-0.25, -0.2) is 4.79 Å². The van der Waals surface area contributed by atoms with Crippen molar-refractivity contribution in [3.8, 4) is 5.75 Å². The predicted molar refractivity (Wildman–Crippen MR) is 60.8 cm³/mol. The molecule has 2 aromatic rings. The summed E-state index contributed by atoms with van der Waals surface area (Å²) in [6.45, 7) is 0. The van der Waals surface area contributed by atoms with Crippen LogP contribution < -0.4 is 9.47 Å². The second-order valence-corrected chi connectivity index (χ2v) is 3.40. The molecular formula is C12H11NO4. The Morgan fingerprint density at radius 2 is 2.06 bits per heavy atom. The van der Waals surface area contributed by atoms with E-state index in [1.165, 1.54) is 26.5 Å². The number of aromatic nitrogens is 1. The van der Waals surface area contributed by atoms with E-state index in [0.29, 0.717) is 22.2 Å². The molecule has 5 nitrogen and oxygen atoms in total. The number of carbonyl (C=O) groups excluding carboxylic acids is 1. The van der Waals surface area contributed by atoms with E-state index >= 15 is 0 Å². The quantitative estimate of drug-likeness (QED) is 0.445. The molecule has 17 heavy (non-hydrogen) atoms. The van der Waals surface area contributed by atoms with Crippen LogP contribution in [0.1, 0.15) is 10.4 Å². The number of hydrogen-bond donors (Lipinski definition) is 0. The summed E-state index contributed by atoms with van der Waals surface area (Å²) >= 11 is 0. The highest BCUT2D eigenvalue weighted by Gasteiger charge is 2.18. The van der Waals surface area contributed by atoms with Crippen LogP contribution in [0.2, 0.25) is 0 Å². The molecule has 0 unspecified atom stereocenters. The van der Waals surface area contributed by atoms with Crippen LogP contribution in [-0.2, 0) is 4.74 Å². The highest BCUT2D eigenvalue weighted by atomic mass is 16.5. The molecule has 0 atom stereocenters. The Labute approximate surface area is 97.8 Å². The maximum atomic E-state index is 11.5. The summed E-state index contributed by atoms with van der Waals surface area (Å²) in [7, 11) is 2.74. The number of hydrogen-bond acceptors (Lipinski definition) is 4. The molecule has 0 saturated heterocycles. The number of benzene rings is 1. The molecule has 0 amide bonds. The van der Waals surface area contributed by atoms with Gasteiger partial charge in [0.25, 0.3) is 0 Å². The normalized spacial score (nSPS) is 10.2. The molecule has 0 aliphatic rings. The molecule has 0 saturated carbocycles. The topological polar surface area (TPSA) is 62.5 Å². The minimum atomic E-state index is -0.495. The largest absolute Gasteiger partial charge is 0.618 e. The van der Waals surface area contributed by atoms with E-state index in [9.17, 15) is 10.0 Å². The van der Waals surface area contributed by atoms with Crippen LogP contribution in [0.4, 0.5) is 0 Å².